The van der Waals surface area contributed by atoms with E-state index in [1.54, 1.807) is 0 Å². The molecule has 0 radical (unpaired) electrons. The van der Waals surface area contributed by atoms with Crippen molar-refractivity contribution in [3.05, 3.63) is 0 Å². The van der Waals surface area contributed by atoms with Crippen LogP contribution in [0.25, 0.3) is 0 Å². The molecule has 1 unspecified atom stereocenters. The summed E-state index contributed by atoms with van der Waals surface area (Å²) in [4.78, 5) is 0. The second-order valence-electron chi connectivity index (χ2n) is 4.91. The molecule has 0 amide bonds. The molecule has 0 aliphatic carbocycles. The fraction of sp³-hybridized carbons (Fsp3) is 1.00. The Morgan fingerprint density at radius 1 is 0.857 bits per heavy atom. The number of alkyl halides is 4. The molecule has 0 aliphatic rings. The predicted molar refractivity (Wildman–Crippen MR) is 73.7 cm³/mol. The summed E-state index contributed by atoms with van der Waals surface area (Å²) in [6.07, 6.45) is -0.0982. The van der Waals surface area contributed by atoms with E-state index < -0.39 is 28.2 Å². The van der Waals surface area contributed by atoms with Gasteiger partial charge in [0.1, 0.15) is 0 Å². The number of hydrogen-bond donors (Lipinski definition) is 2. The third kappa shape index (κ3) is 15.8. The first-order valence-electron chi connectivity index (χ1n) is 6.80. The van der Waals surface area contributed by atoms with Crippen molar-refractivity contribution < 1.29 is 30.5 Å². The average Bonchev–Trinajstić information content (AvgIpc) is 2.28. The molecule has 0 fully saturated rings. The summed E-state index contributed by atoms with van der Waals surface area (Å²) in [7, 11) is -4.58. The Hall–Kier alpha value is -0.410. The molecule has 0 heterocycles. The first-order valence-corrected chi connectivity index (χ1v) is 8.30. The molecule has 21 heavy (non-hydrogen) atoms. The topological polar surface area (TPSA) is 89.4 Å². The summed E-state index contributed by atoms with van der Waals surface area (Å²) in [5.74, 6) is 0. The standard InChI is InChI=1S/C12H22F4O3S.H3N/c13-11(20(17,18)19)9-7-5-3-1-2-4-6-8-10-12(14,15)16;/h11H,1-10H2,(H,17,18,19);1H3. The van der Waals surface area contributed by atoms with E-state index in [4.69, 9.17) is 4.55 Å². The molecule has 0 aromatic carbocycles. The highest BCUT2D eigenvalue weighted by Crippen LogP contribution is 2.23. The van der Waals surface area contributed by atoms with Gasteiger partial charge in [0, 0.05) is 6.42 Å². The van der Waals surface area contributed by atoms with Gasteiger partial charge >= 0.3 is 6.18 Å². The van der Waals surface area contributed by atoms with Crippen LogP contribution in [0.4, 0.5) is 17.6 Å². The molecule has 1 atom stereocenters. The summed E-state index contributed by atoms with van der Waals surface area (Å²) in [6.45, 7) is 0. The van der Waals surface area contributed by atoms with Crippen LogP contribution in [0.2, 0.25) is 0 Å². The molecule has 4 nitrogen and oxygen atoms in total. The van der Waals surface area contributed by atoms with Crippen LogP contribution in [0.5, 0.6) is 0 Å². The van der Waals surface area contributed by atoms with E-state index in [0.717, 1.165) is 25.7 Å². The van der Waals surface area contributed by atoms with Crippen LogP contribution in [0.1, 0.15) is 64.2 Å². The highest BCUT2D eigenvalue weighted by molar-refractivity contribution is 7.86. The zero-order valence-corrected chi connectivity index (χ0v) is 12.9. The number of rotatable bonds is 11. The van der Waals surface area contributed by atoms with Crippen LogP contribution < -0.4 is 6.15 Å². The van der Waals surface area contributed by atoms with Crippen LogP contribution in [0.3, 0.4) is 0 Å². The fourth-order valence-electron chi connectivity index (χ4n) is 1.84. The summed E-state index contributed by atoms with van der Waals surface area (Å²) >= 11 is 0. The average molecular weight is 339 g/mol. The molecule has 0 saturated carbocycles. The molecule has 0 aromatic rings. The Labute approximate surface area is 123 Å². The molecule has 0 aliphatic heterocycles. The number of unbranched alkanes of at least 4 members (excludes halogenated alkanes) is 7. The zero-order valence-electron chi connectivity index (χ0n) is 12.0. The Morgan fingerprint density at radius 2 is 1.24 bits per heavy atom. The lowest BCUT2D eigenvalue weighted by molar-refractivity contribution is -0.135. The van der Waals surface area contributed by atoms with E-state index in [-0.39, 0.29) is 19.0 Å². The molecule has 130 valence electrons. The van der Waals surface area contributed by atoms with E-state index >= 15 is 0 Å². The van der Waals surface area contributed by atoms with Gasteiger partial charge in [-0.05, 0) is 19.3 Å². The van der Waals surface area contributed by atoms with E-state index in [9.17, 15) is 26.0 Å². The number of hydrogen-bond acceptors (Lipinski definition) is 3. The Kier molecular flexibility index (Phi) is 12.2. The van der Waals surface area contributed by atoms with E-state index in [1.807, 2.05) is 0 Å². The van der Waals surface area contributed by atoms with E-state index in [0.29, 0.717) is 19.3 Å². The Morgan fingerprint density at radius 3 is 1.62 bits per heavy atom. The van der Waals surface area contributed by atoms with Gasteiger partial charge in [-0.1, -0.05) is 38.5 Å². The minimum absolute atomic E-state index is 0. The third-order valence-electron chi connectivity index (χ3n) is 2.96. The SMILES string of the molecule is N.O=S(=O)(O)C(F)CCCCCCCCCCC(F)(F)F. The van der Waals surface area contributed by atoms with Crippen molar-refractivity contribution in [3.8, 4) is 0 Å². The van der Waals surface area contributed by atoms with Crippen LogP contribution in [0, 0.1) is 0 Å². The molecule has 0 rings (SSSR count). The highest BCUT2D eigenvalue weighted by Gasteiger charge is 2.25. The lowest BCUT2D eigenvalue weighted by Gasteiger charge is -2.06. The Balaban J connectivity index is 0. The van der Waals surface area contributed by atoms with Gasteiger partial charge in [-0.3, -0.25) is 4.55 Å². The maximum atomic E-state index is 12.8. The third-order valence-corrected chi connectivity index (χ3v) is 3.85. The fourth-order valence-corrected chi connectivity index (χ4v) is 2.30. The minimum Gasteiger partial charge on any atom is -0.344 e. The van der Waals surface area contributed by atoms with E-state index in [2.05, 4.69) is 0 Å². The van der Waals surface area contributed by atoms with Crippen molar-refractivity contribution in [3.63, 3.8) is 0 Å². The molecular formula is C12H25F4NO3S. The predicted octanol–water partition coefficient (Wildman–Crippen LogP) is 4.80. The first-order chi connectivity index (χ1) is 9.13. The van der Waals surface area contributed by atoms with Gasteiger partial charge in [0.25, 0.3) is 10.1 Å². The van der Waals surface area contributed by atoms with Crippen LogP contribution in [-0.2, 0) is 10.1 Å². The van der Waals surface area contributed by atoms with Crippen molar-refractivity contribution in [2.75, 3.05) is 0 Å². The molecule has 9 heteroatoms. The van der Waals surface area contributed by atoms with Crippen molar-refractivity contribution >= 4 is 10.1 Å². The van der Waals surface area contributed by atoms with Crippen LogP contribution in [0.15, 0.2) is 0 Å². The summed E-state index contributed by atoms with van der Waals surface area (Å²) in [5, 5.41) is 0. The monoisotopic (exact) mass is 339 g/mol. The maximum absolute atomic E-state index is 12.8. The van der Waals surface area contributed by atoms with Gasteiger partial charge in [0.2, 0.25) is 5.50 Å². The minimum atomic E-state index is -4.58. The van der Waals surface area contributed by atoms with Gasteiger partial charge in [0.15, 0.2) is 0 Å². The molecule has 0 spiro atoms. The van der Waals surface area contributed by atoms with Crippen LogP contribution >= 0.6 is 0 Å². The normalized spacial score (nSPS) is 13.8. The van der Waals surface area contributed by atoms with Gasteiger partial charge in [-0.15, -0.1) is 0 Å². The lowest BCUT2D eigenvalue weighted by atomic mass is 10.1. The summed E-state index contributed by atoms with van der Waals surface area (Å²) < 4.78 is 77.4. The number of halogens is 4. The van der Waals surface area contributed by atoms with Crippen LogP contribution in [-0.4, -0.2) is 24.7 Å². The smallest absolute Gasteiger partial charge is 0.344 e. The van der Waals surface area contributed by atoms with Gasteiger partial charge in [-0.2, -0.15) is 21.6 Å². The summed E-state index contributed by atoms with van der Waals surface area (Å²) in [5.41, 5.74) is -2.22. The second kappa shape index (κ2) is 11.2. The van der Waals surface area contributed by atoms with Crippen molar-refractivity contribution in [1.82, 2.24) is 6.15 Å². The molecule has 0 aromatic heterocycles. The van der Waals surface area contributed by atoms with Crippen molar-refractivity contribution in [1.29, 1.82) is 0 Å². The molecular weight excluding hydrogens is 314 g/mol. The van der Waals surface area contributed by atoms with Gasteiger partial charge in [0.05, 0.1) is 0 Å². The second-order valence-corrected chi connectivity index (χ2v) is 6.45. The first kappa shape index (κ1) is 22.9. The van der Waals surface area contributed by atoms with Crippen molar-refractivity contribution in [2.24, 2.45) is 0 Å². The van der Waals surface area contributed by atoms with Gasteiger partial charge < -0.3 is 6.15 Å². The maximum Gasteiger partial charge on any atom is 0.389 e. The Bertz CT molecular complexity index is 347. The largest absolute Gasteiger partial charge is 0.389 e. The summed E-state index contributed by atoms with van der Waals surface area (Å²) in [6, 6.07) is 0. The zero-order chi connectivity index (χ0) is 15.6. The van der Waals surface area contributed by atoms with Crippen molar-refractivity contribution in [2.45, 2.75) is 75.9 Å². The molecule has 0 saturated heterocycles. The van der Waals surface area contributed by atoms with E-state index in [1.165, 1.54) is 0 Å². The molecule has 0 bridgehead atoms. The quantitative estimate of drug-likeness (QED) is 0.321. The van der Waals surface area contributed by atoms with Gasteiger partial charge in [-0.25, -0.2) is 4.39 Å². The molecule has 4 N–H and O–H groups in total. The highest BCUT2D eigenvalue weighted by atomic mass is 32.2. The lowest BCUT2D eigenvalue weighted by Crippen LogP contribution is -2.14.